The third-order valence-corrected chi connectivity index (χ3v) is 4.51. The quantitative estimate of drug-likeness (QED) is 0.684. The fourth-order valence-electron chi connectivity index (χ4n) is 1.94. The number of nitrogens with two attached hydrogens (primary N) is 1. The van der Waals surface area contributed by atoms with E-state index in [2.05, 4.69) is 36.7 Å². The van der Waals surface area contributed by atoms with Crippen LogP contribution in [0.4, 0.5) is 0 Å². The molecular weight excluding hydrogens is 256 g/mol. The summed E-state index contributed by atoms with van der Waals surface area (Å²) >= 11 is 1.75. The van der Waals surface area contributed by atoms with Crippen LogP contribution in [-0.2, 0) is 10.2 Å². The van der Waals surface area contributed by atoms with Crippen LogP contribution in [0.15, 0.2) is 17.5 Å². The summed E-state index contributed by atoms with van der Waals surface area (Å²) in [6.07, 6.45) is 4.88. The smallest absolute Gasteiger partial charge is 0.220 e. The second kappa shape index (κ2) is 8.33. The third-order valence-electron chi connectivity index (χ3n) is 3.27. The number of hydrogen-bond donors (Lipinski definition) is 2. The Labute approximate surface area is 120 Å². The first kappa shape index (κ1) is 16.2. The van der Waals surface area contributed by atoms with Gasteiger partial charge < -0.3 is 11.1 Å². The average Bonchev–Trinajstić information content (AvgIpc) is 2.91. The molecule has 0 unspecified atom stereocenters. The number of nitrogens with one attached hydrogen (secondary N) is 1. The summed E-state index contributed by atoms with van der Waals surface area (Å²) in [4.78, 5) is 13.1. The zero-order valence-corrected chi connectivity index (χ0v) is 12.9. The zero-order valence-electron chi connectivity index (χ0n) is 12.1. The van der Waals surface area contributed by atoms with Gasteiger partial charge in [0, 0.05) is 23.3 Å². The predicted molar refractivity (Wildman–Crippen MR) is 82.5 cm³/mol. The molecule has 0 fully saturated rings. The summed E-state index contributed by atoms with van der Waals surface area (Å²) < 4.78 is 0. The van der Waals surface area contributed by atoms with Gasteiger partial charge in [0.25, 0.3) is 0 Å². The van der Waals surface area contributed by atoms with Crippen LogP contribution >= 0.6 is 11.3 Å². The first-order chi connectivity index (χ1) is 9.06. The summed E-state index contributed by atoms with van der Waals surface area (Å²) in [6.45, 7) is 5.79. The highest BCUT2D eigenvalue weighted by atomic mass is 32.1. The van der Waals surface area contributed by atoms with E-state index in [9.17, 15) is 4.79 Å². The molecule has 0 saturated carbocycles. The maximum Gasteiger partial charge on any atom is 0.220 e. The van der Waals surface area contributed by atoms with Gasteiger partial charge in [-0.2, -0.15) is 0 Å². The number of carbonyl (C=O) groups excluding carboxylic acids is 1. The Morgan fingerprint density at radius 1 is 1.32 bits per heavy atom. The van der Waals surface area contributed by atoms with Crippen LogP contribution in [0.5, 0.6) is 0 Å². The highest BCUT2D eigenvalue weighted by Gasteiger charge is 2.22. The monoisotopic (exact) mass is 282 g/mol. The Morgan fingerprint density at radius 3 is 2.68 bits per heavy atom. The molecule has 3 nitrogen and oxygen atoms in total. The molecular formula is C15H26N2OS. The Bertz CT molecular complexity index is 360. The van der Waals surface area contributed by atoms with Gasteiger partial charge in [0.1, 0.15) is 0 Å². The molecule has 0 aliphatic rings. The average molecular weight is 282 g/mol. The van der Waals surface area contributed by atoms with Crippen LogP contribution in [0.25, 0.3) is 0 Å². The van der Waals surface area contributed by atoms with Gasteiger partial charge >= 0.3 is 0 Å². The third kappa shape index (κ3) is 6.21. The van der Waals surface area contributed by atoms with Gasteiger partial charge in [-0.05, 0) is 30.8 Å². The molecule has 0 bridgehead atoms. The zero-order chi connectivity index (χ0) is 14.1. The van der Waals surface area contributed by atoms with Crippen molar-refractivity contribution in [3.8, 4) is 0 Å². The SMILES string of the molecule is CC(C)(CNC(=O)CCCCCCN)c1cccs1. The Kier molecular flexibility index (Phi) is 7.10. The first-order valence-electron chi connectivity index (χ1n) is 7.07. The molecule has 1 heterocycles. The standard InChI is InChI=1S/C15H26N2OS/c1-15(2,13-8-7-11-19-13)12-17-14(18)9-5-3-4-6-10-16/h7-8,11H,3-6,9-10,12,16H2,1-2H3,(H,17,18). The van der Waals surface area contributed by atoms with Gasteiger partial charge in [0.05, 0.1) is 0 Å². The summed E-state index contributed by atoms with van der Waals surface area (Å²) in [7, 11) is 0. The summed E-state index contributed by atoms with van der Waals surface area (Å²) in [5, 5.41) is 5.12. The first-order valence-corrected chi connectivity index (χ1v) is 7.95. The molecule has 0 atom stereocenters. The maximum atomic E-state index is 11.8. The summed E-state index contributed by atoms with van der Waals surface area (Å²) in [5.41, 5.74) is 5.45. The van der Waals surface area contributed by atoms with E-state index in [4.69, 9.17) is 5.73 Å². The Balaban J connectivity index is 2.19. The highest BCUT2D eigenvalue weighted by Crippen LogP contribution is 2.26. The van der Waals surface area contributed by atoms with Gasteiger partial charge in [-0.25, -0.2) is 0 Å². The van der Waals surface area contributed by atoms with Crippen molar-refractivity contribution in [3.05, 3.63) is 22.4 Å². The van der Waals surface area contributed by atoms with Crippen LogP contribution in [-0.4, -0.2) is 19.0 Å². The molecule has 3 N–H and O–H groups in total. The van der Waals surface area contributed by atoms with Crippen molar-refractivity contribution >= 4 is 17.2 Å². The second-order valence-electron chi connectivity index (χ2n) is 5.59. The number of thiophene rings is 1. The van der Waals surface area contributed by atoms with Crippen LogP contribution < -0.4 is 11.1 Å². The lowest BCUT2D eigenvalue weighted by Gasteiger charge is -2.23. The molecule has 1 rings (SSSR count). The normalized spacial score (nSPS) is 11.5. The van der Waals surface area contributed by atoms with Crippen molar-refractivity contribution in [2.45, 2.75) is 51.4 Å². The Morgan fingerprint density at radius 2 is 2.05 bits per heavy atom. The van der Waals surface area contributed by atoms with E-state index < -0.39 is 0 Å². The molecule has 0 aliphatic heterocycles. The van der Waals surface area contributed by atoms with E-state index >= 15 is 0 Å². The van der Waals surface area contributed by atoms with E-state index in [1.165, 1.54) is 4.88 Å². The lowest BCUT2D eigenvalue weighted by molar-refractivity contribution is -0.121. The maximum absolute atomic E-state index is 11.8. The molecule has 0 saturated heterocycles. The van der Waals surface area contributed by atoms with E-state index in [1.54, 1.807) is 11.3 Å². The number of carbonyl (C=O) groups is 1. The van der Waals surface area contributed by atoms with Gasteiger partial charge in [-0.1, -0.05) is 32.8 Å². The van der Waals surface area contributed by atoms with Crippen molar-refractivity contribution in [1.82, 2.24) is 5.32 Å². The number of amides is 1. The highest BCUT2D eigenvalue weighted by molar-refractivity contribution is 7.10. The van der Waals surface area contributed by atoms with Crippen LogP contribution in [0, 0.1) is 0 Å². The summed E-state index contributed by atoms with van der Waals surface area (Å²) in [6, 6.07) is 4.19. The topological polar surface area (TPSA) is 55.1 Å². The van der Waals surface area contributed by atoms with Crippen LogP contribution in [0.3, 0.4) is 0 Å². The molecule has 108 valence electrons. The van der Waals surface area contributed by atoms with E-state index in [0.29, 0.717) is 13.0 Å². The number of hydrogen-bond acceptors (Lipinski definition) is 3. The molecule has 1 aromatic rings. The molecule has 1 aromatic heterocycles. The number of rotatable bonds is 9. The van der Waals surface area contributed by atoms with Crippen molar-refractivity contribution < 1.29 is 4.79 Å². The van der Waals surface area contributed by atoms with E-state index in [0.717, 1.165) is 32.2 Å². The predicted octanol–water partition coefficient (Wildman–Crippen LogP) is 3.05. The molecule has 0 spiro atoms. The minimum atomic E-state index is 0.0172. The molecule has 1 amide bonds. The molecule has 0 aromatic carbocycles. The largest absolute Gasteiger partial charge is 0.355 e. The minimum Gasteiger partial charge on any atom is -0.355 e. The molecule has 0 aliphatic carbocycles. The van der Waals surface area contributed by atoms with Crippen molar-refractivity contribution in [1.29, 1.82) is 0 Å². The van der Waals surface area contributed by atoms with Gasteiger partial charge in [0.2, 0.25) is 5.91 Å². The Hall–Kier alpha value is -0.870. The van der Waals surface area contributed by atoms with Crippen LogP contribution in [0.2, 0.25) is 0 Å². The molecule has 4 heteroatoms. The molecule has 0 radical (unpaired) electrons. The van der Waals surface area contributed by atoms with Crippen molar-refractivity contribution in [3.63, 3.8) is 0 Å². The number of unbranched alkanes of at least 4 members (excludes halogenated alkanes) is 3. The fraction of sp³-hybridized carbons (Fsp3) is 0.667. The second-order valence-corrected chi connectivity index (χ2v) is 6.54. The lowest BCUT2D eigenvalue weighted by Crippen LogP contribution is -2.36. The fourth-order valence-corrected chi connectivity index (χ4v) is 2.79. The van der Waals surface area contributed by atoms with Gasteiger partial charge in [-0.3, -0.25) is 4.79 Å². The van der Waals surface area contributed by atoms with Gasteiger partial charge in [0.15, 0.2) is 0 Å². The van der Waals surface area contributed by atoms with Crippen molar-refractivity contribution in [2.75, 3.05) is 13.1 Å². The van der Waals surface area contributed by atoms with Gasteiger partial charge in [-0.15, -0.1) is 11.3 Å². The van der Waals surface area contributed by atoms with E-state index in [-0.39, 0.29) is 11.3 Å². The molecule has 19 heavy (non-hydrogen) atoms. The van der Waals surface area contributed by atoms with E-state index in [1.807, 2.05) is 0 Å². The van der Waals surface area contributed by atoms with Crippen LogP contribution in [0.1, 0.15) is 50.8 Å². The van der Waals surface area contributed by atoms with Crippen molar-refractivity contribution in [2.24, 2.45) is 5.73 Å². The summed E-state index contributed by atoms with van der Waals surface area (Å²) in [5.74, 6) is 0.164. The lowest BCUT2D eigenvalue weighted by atomic mass is 9.91. The minimum absolute atomic E-state index is 0.0172.